The standard InChI is InChI=1S/C15H14ClFN4O2/c1-23-15-19-6-8-5-12(18)14(22)21(13(8)20-15)7-9-4-10(16)2-3-11(9)17/h2-4,6,12H,5,7,18H2,1H3. The second-order valence-electron chi connectivity index (χ2n) is 5.18. The van der Waals surface area contributed by atoms with Crippen LogP contribution in [0.25, 0.3) is 0 Å². The molecule has 0 spiro atoms. The summed E-state index contributed by atoms with van der Waals surface area (Å²) in [6.45, 7) is -0.0217. The second kappa shape index (κ2) is 6.10. The summed E-state index contributed by atoms with van der Waals surface area (Å²) in [7, 11) is 1.43. The normalized spacial score (nSPS) is 17.1. The third-order valence-electron chi connectivity index (χ3n) is 3.62. The monoisotopic (exact) mass is 336 g/mol. The van der Waals surface area contributed by atoms with E-state index in [0.717, 1.165) is 0 Å². The zero-order valence-electron chi connectivity index (χ0n) is 12.3. The highest BCUT2D eigenvalue weighted by Gasteiger charge is 2.33. The van der Waals surface area contributed by atoms with Crippen LogP contribution in [0, 0.1) is 5.82 Å². The number of rotatable bonds is 3. The SMILES string of the molecule is COc1ncc2c(n1)N(Cc1cc(Cl)ccc1F)C(=O)C(N)C2. The summed E-state index contributed by atoms with van der Waals surface area (Å²) in [5, 5.41) is 0.385. The fourth-order valence-electron chi connectivity index (χ4n) is 2.47. The lowest BCUT2D eigenvalue weighted by Gasteiger charge is -2.31. The summed E-state index contributed by atoms with van der Waals surface area (Å²) >= 11 is 5.91. The van der Waals surface area contributed by atoms with Crippen LogP contribution in [0.15, 0.2) is 24.4 Å². The Morgan fingerprint density at radius 1 is 1.52 bits per heavy atom. The van der Waals surface area contributed by atoms with E-state index in [1.165, 1.54) is 30.2 Å². The maximum Gasteiger partial charge on any atom is 0.318 e. The van der Waals surface area contributed by atoms with Crippen LogP contribution in [0.1, 0.15) is 11.1 Å². The number of nitrogens with zero attached hydrogens (tertiary/aromatic N) is 3. The van der Waals surface area contributed by atoms with Gasteiger partial charge in [-0.3, -0.25) is 9.69 Å². The van der Waals surface area contributed by atoms with E-state index in [0.29, 0.717) is 22.8 Å². The number of ether oxygens (including phenoxy) is 1. The highest BCUT2D eigenvalue weighted by molar-refractivity contribution is 6.30. The molecule has 0 saturated heterocycles. The molecule has 120 valence electrons. The molecule has 2 aromatic rings. The molecule has 1 aromatic heterocycles. The number of halogens is 2. The fourth-order valence-corrected chi connectivity index (χ4v) is 2.67. The van der Waals surface area contributed by atoms with Crippen molar-refractivity contribution in [2.75, 3.05) is 12.0 Å². The van der Waals surface area contributed by atoms with Crippen molar-refractivity contribution in [1.29, 1.82) is 0 Å². The van der Waals surface area contributed by atoms with Gasteiger partial charge in [0.15, 0.2) is 0 Å². The number of anilines is 1. The third kappa shape index (κ3) is 2.97. The quantitative estimate of drug-likeness (QED) is 0.922. The maximum atomic E-state index is 14.0. The predicted octanol–water partition coefficient (Wildman–Crippen LogP) is 1.69. The number of benzene rings is 1. The van der Waals surface area contributed by atoms with E-state index in [4.69, 9.17) is 22.1 Å². The van der Waals surface area contributed by atoms with Gasteiger partial charge >= 0.3 is 6.01 Å². The minimum atomic E-state index is -0.721. The predicted molar refractivity (Wildman–Crippen MR) is 82.9 cm³/mol. The van der Waals surface area contributed by atoms with Crippen molar-refractivity contribution < 1.29 is 13.9 Å². The molecule has 0 bridgehead atoms. The maximum absolute atomic E-state index is 14.0. The summed E-state index contributed by atoms with van der Waals surface area (Å²) < 4.78 is 19.0. The van der Waals surface area contributed by atoms with Crippen LogP contribution in [0.3, 0.4) is 0 Å². The number of hydrogen-bond acceptors (Lipinski definition) is 5. The van der Waals surface area contributed by atoms with Gasteiger partial charge in [-0.2, -0.15) is 4.98 Å². The van der Waals surface area contributed by atoms with Crippen LogP contribution >= 0.6 is 11.6 Å². The lowest BCUT2D eigenvalue weighted by Crippen LogP contribution is -2.49. The lowest BCUT2D eigenvalue weighted by atomic mass is 10.0. The summed E-state index contributed by atoms with van der Waals surface area (Å²) in [6, 6.07) is 3.59. The Balaban J connectivity index is 2.03. The summed E-state index contributed by atoms with van der Waals surface area (Å²) in [6.07, 6.45) is 1.89. The summed E-state index contributed by atoms with van der Waals surface area (Å²) in [5.74, 6) is -0.413. The number of hydrogen-bond donors (Lipinski definition) is 1. The van der Waals surface area contributed by atoms with Gasteiger partial charge in [-0.15, -0.1) is 0 Å². The van der Waals surface area contributed by atoms with Crippen LogP contribution in [0.2, 0.25) is 5.02 Å². The fraction of sp³-hybridized carbons (Fsp3) is 0.267. The molecule has 1 atom stereocenters. The zero-order chi connectivity index (χ0) is 16.6. The second-order valence-corrected chi connectivity index (χ2v) is 5.61. The molecule has 3 rings (SSSR count). The van der Waals surface area contributed by atoms with Crippen LogP contribution in [-0.2, 0) is 17.8 Å². The first-order valence-corrected chi connectivity index (χ1v) is 7.28. The van der Waals surface area contributed by atoms with Gasteiger partial charge in [0.05, 0.1) is 19.7 Å². The molecule has 1 aliphatic heterocycles. The van der Waals surface area contributed by atoms with Gasteiger partial charge in [-0.1, -0.05) is 11.6 Å². The molecule has 1 aromatic carbocycles. The van der Waals surface area contributed by atoms with Crippen molar-refractivity contribution in [3.8, 4) is 6.01 Å². The van der Waals surface area contributed by atoms with Crippen molar-refractivity contribution in [2.24, 2.45) is 5.73 Å². The van der Waals surface area contributed by atoms with E-state index in [9.17, 15) is 9.18 Å². The van der Waals surface area contributed by atoms with Crippen LogP contribution in [-0.4, -0.2) is 29.0 Å². The third-order valence-corrected chi connectivity index (χ3v) is 3.85. The van der Waals surface area contributed by atoms with E-state index in [1.807, 2.05) is 0 Å². The molecule has 8 heteroatoms. The topological polar surface area (TPSA) is 81.3 Å². The zero-order valence-corrected chi connectivity index (χ0v) is 13.0. The Hall–Kier alpha value is -2.25. The van der Waals surface area contributed by atoms with Gasteiger partial charge in [0.2, 0.25) is 5.91 Å². The average molecular weight is 337 g/mol. The minimum Gasteiger partial charge on any atom is -0.467 e. The first-order valence-electron chi connectivity index (χ1n) is 6.90. The summed E-state index contributed by atoms with van der Waals surface area (Å²) in [4.78, 5) is 22.0. The van der Waals surface area contributed by atoms with Crippen LogP contribution < -0.4 is 15.4 Å². The Morgan fingerprint density at radius 3 is 3.04 bits per heavy atom. The van der Waals surface area contributed by atoms with Crippen molar-refractivity contribution in [3.63, 3.8) is 0 Å². The minimum absolute atomic E-state index is 0.0217. The van der Waals surface area contributed by atoms with Crippen molar-refractivity contribution in [2.45, 2.75) is 19.0 Å². The first kappa shape index (κ1) is 15.6. The Morgan fingerprint density at radius 2 is 2.30 bits per heavy atom. The molecule has 0 radical (unpaired) electrons. The molecule has 1 unspecified atom stereocenters. The molecule has 0 saturated carbocycles. The molecule has 0 aliphatic carbocycles. The van der Waals surface area contributed by atoms with E-state index in [1.54, 1.807) is 6.20 Å². The molecule has 2 N–H and O–H groups in total. The van der Waals surface area contributed by atoms with Gasteiger partial charge in [0, 0.05) is 28.8 Å². The van der Waals surface area contributed by atoms with Gasteiger partial charge in [0.25, 0.3) is 0 Å². The van der Waals surface area contributed by atoms with E-state index >= 15 is 0 Å². The lowest BCUT2D eigenvalue weighted by molar-refractivity contribution is -0.120. The Bertz CT molecular complexity index is 771. The van der Waals surface area contributed by atoms with Crippen molar-refractivity contribution in [3.05, 3.63) is 46.4 Å². The smallest absolute Gasteiger partial charge is 0.318 e. The van der Waals surface area contributed by atoms with Crippen LogP contribution in [0.5, 0.6) is 6.01 Å². The van der Waals surface area contributed by atoms with Crippen LogP contribution in [0.4, 0.5) is 10.2 Å². The highest BCUT2D eigenvalue weighted by Crippen LogP contribution is 2.29. The Labute approximate surface area is 137 Å². The largest absolute Gasteiger partial charge is 0.467 e. The number of nitrogens with two attached hydrogens (primary N) is 1. The molecule has 6 nitrogen and oxygen atoms in total. The molecular formula is C15H14ClFN4O2. The van der Waals surface area contributed by atoms with E-state index in [2.05, 4.69) is 9.97 Å². The molecule has 1 amide bonds. The molecule has 23 heavy (non-hydrogen) atoms. The molecular weight excluding hydrogens is 323 g/mol. The number of carbonyl (C=O) groups excluding carboxylic acids is 1. The molecule has 1 aliphatic rings. The molecule has 0 fully saturated rings. The Kier molecular flexibility index (Phi) is 4.14. The number of fused-ring (bicyclic) bond motifs is 1. The van der Waals surface area contributed by atoms with Crippen molar-refractivity contribution in [1.82, 2.24) is 9.97 Å². The number of amides is 1. The van der Waals surface area contributed by atoms with Crippen molar-refractivity contribution >= 4 is 23.3 Å². The molecule has 2 heterocycles. The van der Waals surface area contributed by atoms with E-state index < -0.39 is 11.9 Å². The number of methoxy groups -OCH3 is 1. The number of carbonyl (C=O) groups is 1. The van der Waals surface area contributed by atoms with E-state index in [-0.39, 0.29) is 24.0 Å². The van der Waals surface area contributed by atoms with Gasteiger partial charge in [-0.05, 0) is 18.2 Å². The average Bonchev–Trinajstić information content (AvgIpc) is 2.54. The highest BCUT2D eigenvalue weighted by atomic mass is 35.5. The first-order chi connectivity index (χ1) is 11.0. The van der Waals surface area contributed by atoms with Gasteiger partial charge in [0.1, 0.15) is 11.6 Å². The summed E-state index contributed by atoms with van der Waals surface area (Å²) in [5.41, 5.74) is 6.87. The van der Waals surface area contributed by atoms with Gasteiger partial charge < -0.3 is 10.5 Å². The van der Waals surface area contributed by atoms with Gasteiger partial charge in [-0.25, -0.2) is 9.37 Å². The number of aromatic nitrogens is 2.